The van der Waals surface area contributed by atoms with Crippen LogP contribution in [0.25, 0.3) is 0 Å². The Hall–Kier alpha value is -0.570. The summed E-state index contributed by atoms with van der Waals surface area (Å²) in [5, 5.41) is 0. The maximum atomic E-state index is 11.9. The van der Waals surface area contributed by atoms with E-state index in [9.17, 15) is 4.79 Å². The van der Waals surface area contributed by atoms with Crippen LogP contribution in [0.5, 0.6) is 0 Å². The van der Waals surface area contributed by atoms with Crippen molar-refractivity contribution < 1.29 is 4.79 Å². The van der Waals surface area contributed by atoms with E-state index in [0.29, 0.717) is 12.5 Å². The molecule has 108 valence electrons. The van der Waals surface area contributed by atoms with E-state index < -0.39 is 0 Å². The molecule has 1 heterocycles. The topological polar surface area (TPSA) is 23.6 Å². The summed E-state index contributed by atoms with van der Waals surface area (Å²) in [7, 11) is 2.05. The Morgan fingerprint density at radius 2 is 1.72 bits per heavy atom. The molecule has 0 radical (unpaired) electrons. The van der Waals surface area contributed by atoms with Crippen molar-refractivity contribution in [2.24, 2.45) is 0 Å². The highest BCUT2D eigenvalue weighted by atomic mass is 16.2. The Morgan fingerprint density at radius 3 is 2.28 bits per heavy atom. The smallest absolute Gasteiger partial charge is 0.236 e. The maximum absolute atomic E-state index is 11.9. The summed E-state index contributed by atoms with van der Waals surface area (Å²) in [5.41, 5.74) is 0. The van der Waals surface area contributed by atoms with Crippen LogP contribution in [0.15, 0.2) is 0 Å². The summed E-state index contributed by atoms with van der Waals surface area (Å²) >= 11 is 0. The molecule has 0 aromatic carbocycles. The lowest BCUT2D eigenvalue weighted by molar-refractivity contribution is -0.133. The second-order valence-electron chi connectivity index (χ2n) is 4.89. The van der Waals surface area contributed by atoms with Crippen LogP contribution in [0, 0.1) is 0 Å². The SMILES string of the molecule is CC.CCCCCN(C)CC(=O)N1CCCCC1. The molecule has 3 nitrogen and oxygen atoms in total. The predicted molar refractivity (Wildman–Crippen MR) is 78.8 cm³/mol. The largest absolute Gasteiger partial charge is 0.342 e. The first-order chi connectivity index (χ1) is 8.74. The molecule has 0 saturated carbocycles. The Kier molecular flexibility index (Phi) is 11.2. The first-order valence-electron chi connectivity index (χ1n) is 7.70. The van der Waals surface area contributed by atoms with Gasteiger partial charge in [0.2, 0.25) is 5.91 Å². The van der Waals surface area contributed by atoms with Gasteiger partial charge in [0.1, 0.15) is 0 Å². The molecule has 0 bridgehead atoms. The van der Waals surface area contributed by atoms with Crippen molar-refractivity contribution in [2.75, 3.05) is 33.2 Å². The van der Waals surface area contributed by atoms with Crippen molar-refractivity contribution in [2.45, 2.75) is 59.3 Å². The first-order valence-corrected chi connectivity index (χ1v) is 7.70. The zero-order valence-electron chi connectivity index (χ0n) is 12.9. The van der Waals surface area contributed by atoms with Gasteiger partial charge >= 0.3 is 0 Å². The number of likely N-dealkylation sites (N-methyl/N-ethyl adjacent to an activating group) is 1. The highest BCUT2D eigenvalue weighted by Gasteiger charge is 2.17. The third-order valence-electron chi connectivity index (χ3n) is 3.26. The van der Waals surface area contributed by atoms with E-state index in [1.54, 1.807) is 0 Å². The summed E-state index contributed by atoms with van der Waals surface area (Å²) in [6.07, 6.45) is 7.38. The van der Waals surface area contributed by atoms with Gasteiger partial charge in [0.25, 0.3) is 0 Å². The molecule has 1 aliphatic rings. The minimum Gasteiger partial charge on any atom is -0.342 e. The van der Waals surface area contributed by atoms with Crippen molar-refractivity contribution in [3.05, 3.63) is 0 Å². The third-order valence-corrected chi connectivity index (χ3v) is 3.26. The van der Waals surface area contributed by atoms with E-state index in [-0.39, 0.29) is 0 Å². The first kappa shape index (κ1) is 17.4. The average molecular weight is 256 g/mol. The van der Waals surface area contributed by atoms with Crippen LogP contribution in [-0.4, -0.2) is 48.9 Å². The van der Waals surface area contributed by atoms with Gasteiger partial charge in [-0.3, -0.25) is 9.69 Å². The fourth-order valence-corrected chi connectivity index (χ4v) is 2.18. The molecule has 0 aliphatic carbocycles. The van der Waals surface area contributed by atoms with Gasteiger partial charge < -0.3 is 4.90 Å². The van der Waals surface area contributed by atoms with Crippen molar-refractivity contribution >= 4 is 5.91 Å². The molecule has 0 unspecified atom stereocenters. The number of nitrogens with zero attached hydrogens (tertiary/aromatic N) is 2. The normalized spacial score (nSPS) is 15.3. The molecular weight excluding hydrogens is 224 g/mol. The fraction of sp³-hybridized carbons (Fsp3) is 0.933. The van der Waals surface area contributed by atoms with Crippen LogP contribution in [0.4, 0.5) is 0 Å². The van der Waals surface area contributed by atoms with Crippen LogP contribution < -0.4 is 0 Å². The van der Waals surface area contributed by atoms with E-state index in [2.05, 4.69) is 18.9 Å². The van der Waals surface area contributed by atoms with Crippen LogP contribution in [0.1, 0.15) is 59.3 Å². The second kappa shape index (κ2) is 11.5. The number of carbonyl (C=O) groups excluding carboxylic acids is 1. The van der Waals surface area contributed by atoms with Crippen LogP contribution >= 0.6 is 0 Å². The van der Waals surface area contributed by atoms with E-state index in [1.165, 1.54) is 38.5 Å². The molecule has 0 atom stereocenters. The van der Waals surface area contributed by atoms with Gasteiger partial charge in [0, 0.05) is 13.1 Å². The van der Waals surface area contributed by atoms with Gasteiger partial charge in [0.05, 0.1) is 6.54 Å². The molecule has 1 saturated heterocycles. The molecule has 18 heavy (non-hydrogen) atoms. The van der Waals surface area contributed by atoms with Gasteiger partial charge in [-0.15, -0.1) is 0 Å². The average Bonchev–Trinajstić information content (AvgIpc) is 2.42. The standard InChI is InChI=1S/C13H26N2O.C2H6/c1-3-4-6-9-14(2)12-13(16)15-10-7-5-8-11-15;1-2/h3-12H2,1-2H3;1-2H3. The zero-order chi connectivity index (χ0) is 13.8. The van der Waals surface area contributed by atoms with E-state index in [1.807, 2.05) is 18.7 Å². The van der Waals surface area contributed by atoms with Crippen LogP contribution in [0.3, 0.4) is 0 Å². The molecule has 1 amide bonds. The fourth-order valence-electron chi connectivity index (χ4n) is 2.18. The highest BCUT2D eigenvalue weighted by Crippen LogP contribution is 2.09. The van der Waals surface area contributed by atoms with E-state index >= 15 is 0 Å². The molecule has 3 heteroatoms. The number of unbranched alkanes of at least 4 members (excludes halogenated alkanes) is 2. The Balaban J connectivity index is 0.00000137. The number of amides is 1. The monoisotopic (exact) mass is 256 g/mol. The molecule has 0 spiro atoms. The number of piperidine rings is 1. The van der Waals surface area contributed by atoms with Crippen molar-refractivity contribution in [3.63, 3.8) is 0 Å². The Labute approximate surface area is 114 Å². The molecule has 1 fully saturated rings. The number of hydrogen-bond donors (Lipinski definition) is 0. The van der Waals surface area contributed by atoms with E-state index in [4.69, 9.17) is 0 Å². The number of likely N-dealkylation sites (tertiary alicyclic amines) is 1. The number of hydrogen-bond acceptors (Lipinski definition) is 2. The van der Waals surface area contributed by atoms with E-state index in [0.717, 1.165) is 19.6 Å². The van der Waals surface area contributed by atoms with Crippen LogP contribution in [0.2, 0.25) is 0 Å². The molecular formula is C15H32N2O. The van der Waals surface area contributed by atoms with Crippen LogP contribution in [-0.2, 0) is 4.79 Å². The predicted octanol–water partition coefficient (Wildman–Crippen LogP) is 3.15. The minimum absolute atomic E-state index is 0.318. The second-order valence-corrected chi connectivity index (χ2v) is 4.89. The quantitative estimate of drug-likeness (QED) is 0.682. The van der Waals surface area contributed by atoms with Gasteiger partial charge in [-0.2, -0.15) is 0 Å². The maximum Gasteiger partial charge on any atom is 0.236 e. The highest BCUT2D eigenvalue weighted by molar-refractivity contribution is 5.78. The van der Waals surface area contributed by atoms with Crippen molar-refractivity contribution in [1.82, 2.24) is 9.80 Å². The molecule has 1 aliphatic heterocycles. The lowest BCUT2D eigenvalue weighted by atomic mass is 10.1. The Bertz CT molecular complexity index is 201. The molecule has 0 aromatic rings. The van der Waals surface area contributed by atoms with Crippen molar-refractivity contribution in [1.29, 1.82) is 0 Å². The Morgan fingerprint density at radius 1 is 1.11 bits per heavy atom. The van der Waals surface area contributed by atoms with Gasteiger partial charge in [-0.1, -0.05) is 33.6 Å². The lowest BCUT2D eigenvalue weighted by Crippen LogP contribution is -2.41. The summed E-state index contributed by atoms with van der Waals surface area (Å²) < 4.78 is 0. The third kappa shape index (κ3) is 7.70. The lowest BCUT2D eigenvalue weighted by Gasteiger charge is -2.28. The molecule has 1 rings (SSSR count). The number of rotatable bonds is 6. The summed E-state index contributed by atoms with van der Waals surface area (Å²) in [6.45, 7) is 9.80. The molecule has 0 N–H and O–H groups in total. The zero-order valence-corrected chi connectivity index (χ0v) is 12.9. The van der Waals surface area contributed by atoms with Gasteiger partial charge in [0.15, 0.2) is 0 Å². The minimum atomic E-state index is 0.318. The van der Waals surface area contributed by atoms with Crippen molar-refractivity contribution in [3.8, 4) is 0 Å². The van der Waals surface area contributed by atoms with Gasteiger partial charge in [-0.05, 0) is 39.3 Å². The summed E-state index contributed by atoms with van der Waals surface area (Å²) in [4.78, 5) is 16.1. The number of carbonyl (C=O) groups is 1. The van der Waals surface area contributed by atoms with Gasteiger partial charge in [-0.25, -0.2) is 0 Å². The molecule has 0 aromatic heterocycles. The summed E-state index contributed by atoms with van der Waals surface area (Å²) in [6, 6.07) is 0. The summed E-state index contributed by atoms with van der Waals surface area (Å²) in [5.74, 6) is 0.318.